The second-order valence-electron chi connectivity index (χ2n) is 7.56. The van der Waals surface area contributed by atoms with Crippen LogP contribution >= 0.6 is 22.9 Å². The van der Waals surface area contributed by atoms with E-state index >= 15 is 0 Å². The fourth-order valence-electron chi connectivity index (χ4n) is 3.38. The summed E-state index contributed by atoms with van der Waals surface area (Å²) in [5, 5.41) is 13.3. The first kappa shape index (κ1) is 20.6. The molecule has 0 amide bonds. The minimum atomic E-state index is -1.01. The van der Waals surface area contributed by atoms with Crippen LogP contribution in [0.1, 0.15) is 25.0 Å². The van der Waals surface area contributed by atoms with E-state index in [1.54, 1.807) is 37.6 Å². The summed E-state index contributed by atoms with van der Waals surface area (Å²) in [7, 11) is 0. The third-order valence-corrected chi connectivity index (χ3v) is 6.04. The van der Waals surface area contributed by atoms with E-state index < -0.39 is 5.60 Å². The molecule has 3 nitrogen and oxygen atoms in total. The predicted molar refractivity (Wildman–Crippen MR) is 124 cm³/mol. The molecule has 0 bridgehead atoms. The smallest absolute Gasteiger partial charge is 0.127 e. The van der Waals surface area contributed by atoms with E-state index in [4.69, 9.17) is 16.3 Å². The molecule has 2 heterocycles. The fraction of sp³-hybridized carbons (Fsp3) is 0.160. The van der Waals surface area contributed by atoms with Gasteiger partial charge in [0.1, 0.15) is 12.4 Å². The van der Waals surface area contributed by atoms with Gasteiger partial charge in [-0.1, -0.05) is 41.9 Å². The van der Waals surface area contributed by atoms with E-state index in [0.717, 1.165) is 38.4 Å². The highest BCUT2D eigenvalue weighted by Crippen LogP contribution is 2.44. The van der Waals surface area contributed by atoms with Crippen LogP contribution in [0, 0.1) is 0 Å². The Bertz CT molecular complexity index is 1150. The predicted octanol–water partition coefficient (Wildman–Crippen LogP) is 6.94. The number of pyridine rings is 1. The summed E-state index contributed by atoms with van der Waals surface area (Å²) < 4.78 is 6.17. The molecule has 152 valence electrons. The van der Waals surface area contributed by atoms with E-state index in [9.17, 15) is 5.11 Å². The van der Waals surface area contributed by atoms with Gasteiger partial charge in [-0.05, 0) is 55.1 Å². The molecule has 0 atom stereocenters. The quantitative estimate of drug-likeness (QED) is 0.356. The molecule has 0 unspecified atom stereocenters. The van der Waals surface area contributed by atoms with Crippen molar-refractivity contribution in [2.45, 2.75) is 26.1 Å². The summed E-state index contributed by atoms with van der Waals surface area (Å²) in [6, 6.07) is 19.8. The number of thiophene rings is 1. The maximum atomic E-state index is 10.7. The summed E-state index contributed by atoms with van der Waals surface area (Å²) in [6.45, 7) is 4.02. The first-order valence-corrected chi connectivity index (χ1v) is 10.9. The van der Waals surface area contributed by atoms with Crippen molar-refractivity contribution in [1.29, 1.82) is 0 Å². The summed E-state index contributed by atoms with van der Waals surface area (Å²) in [4.78, 5) is 5.26. The number of aliphatic hydroxyl groups is 1. The lowest BCUT2D eigenvalue weighted by Gasteiger charge is -2.21. The van der Waals surface area contributed by atoms with Gasteiger partial charge in [-0.2, -0.15) is 0 Å². The van der Waals surface area contributed by atoms with Crippen molar-refractivity contribution >= 4 is 22.9 Å². The molecular formula is C25H22ClNO2S. The average Bonchev–Trinajstić information content (AvgIpc) is 3.22. The minimum Gasteiger partial charge on any atom is -0.488 e. The number of rotatable bonds is 6. The number of halogens is 1. The van der Waals surface area contributed by atoms with Crippen molar-refractivity contribution in [3.05, 3.63) is 94.6 Å². The lowest BCUT2D eigenvalue weighted by Crippen LogP contribution is -2.17. The van der Waals surface area contributed by atoms with Crippen LogP contribution in [-0.2, 0) is 12.2 Å². The second-order valence-corrected chi connectivity index (χ2v) is 8.91. The molecule has 0 aliphatic rings. The molecule has 0 fully saturated rings. The van der Waals surface area contributed by atoms with Crippen molar-refractivity contribution in [2.24, 2.45) is 0 Å². The number of ether oxygens (including phenoxy) is 1. The Morgan fingerprint density at radius 1 is 1.00 bits per heavy atom. The van der Waals surface area contributed by atoms with Gasteiger partial charge in [0.2, 0.25) is 0 Å². The van der Waals surface area contributed by atoms with Crippen LogP contribution in [0.2, 0.25) is 5.02 Å². The van der Waals surface area contributed by atoms with Gasteiger partial charge in [0.15, 0.2) is 0 Å². The molecule has 2 aromatic heterocycles. The lowest BCUT2D eigenvalue weighted by molar-refractivity contribution is 0.0788. The van der Waals surface area contributed by atoms with E-state index in [0.29, 0.717) is 11.6 Å². The topological polar surface area (TPSA) is 42.4 Å². The van der Waals surface area contributed by atoms with Gasteiger partial charge in [-0.25, -0.2) is 0 Å². The largest absolute Gasteiger partial charge is 0.488 e. The molecule has 0 saturated carbocycles. The molecule has 5 heteroatoms. The van der Waals surface area contributed by atoms with Gasteiger partial charge < -0.3 is 9.84 Å². The van der Waals surface area contributed by atoms with Crippen molar-refractivity contribution in [3.8, 4) is 27.3 Å². The van der Waals surface area contributed by atoms with E-state index in [1.807, 2.05) is 60.0 Å². The van der Waals surface area contributed by atoms with Gasteiger partial charge >= 0.3 is 0 Å². The van der Waals surface area contributed by atoms with Crippen LogP contribution < -0.4 is 4.74 Å². The maximum absolute atomic E-state index is 10.7. The van der Waals surface area contributed by atoms with Crippen molar-refractivity contribution in [2.75, 3.05) is 0 Å². The molecule has 0 spiro atoms. The SMILES string of the molecule is CC(C)(O)c1cnccc1-c1sccc1-c1cc(Cl)ccc1OCc1ccccc1. The molecule has 1 N–H and O–H groups in total. The number of hydrogen-bond acceptors (Lipinski definition) is 4. The zero-order valence-electron chi connectivity index (χ0n) is 16.8. The first-order valence-electron chi connectivity index (χ1n) is 9.65. The molecular weight excluding hydrogens is 414 g/mol. The van der Waals surface area contributed by atoms with E-state index in [-0.39, 0.29) is 0 Å². The molecule has 30 heavy (non-hydrogen) atoms. The minimum absolute atomic E-state index is 0.471. The highest BCUT2D eigenvalue weighted by atomic mass is 35.5. The van der Waals surface area contributed by atoms with Crippen LogP contribution in [0.3, 0.4) is 0 Å². The van der Waals surface area contributed by atoms with Gasteiger partial charge in [0, 0.05) is 44.5 Å². The Kier molecular flexibility index (Phi) is 5.91. The van der Waals surface area contributed by atoms with Crippen molar-refractivity contribution in [1.82, 2.24) is 4.98 Å². The number of hydrogen-bond donors (Lipinski definition) is 1. The number of nitrogens with zero attached hydrogens (tertiary/aromatic N) is 1. The standard InChI is InChI=1S/C25H22ClNO2S/c1-25(2,28)22-15-27-12-10-20(22)24-19(11-13-30-24)21-14-18(26)8-9-23(21)29-16-17-6-4-3-5-7-17/h3-15,28H,16H2,1-2H3. The van der Waals surface area contributed by atoms with Gasteiger partial charge in [-0.3, -0.25) is 4.98 Å². The molecule has 4 rings (SSSR count). The van der Waals surface area contributed by atoms with Crippen molar-refractivity contribution in [3.63, 3.8) is 0 Å². The summed E-state index contributed by atoms with van der Waals surface area (Å²) >= 11 is 7.97. The van der Waals surface area contributed by atoms with Gasteiger partial charge in [-0.15, -0.1) is 11.3 Å². The molecule has 0 aliphatic carbocycles. The molecule has 0 saturated heterocycles. The van der Waals surface area contributed by atoms with Crippen molar-refractivity contribution < 1.29 is 9.84 Å². The molecule has 0 radical (unpaired) electrons. The monoisotopic (exact) mass is 435 g/mol. The van der Waals surface area contributed by atoms with Crippen LogP contribution in [0.4, 0.5) is 0 Å². The third kappa shape index (κ3) is 4.41. The zero-order chi connectivity index (χ0) is 21.1. The normalized spacial score (nSPS) is 11.5. The van der Waals surface area contributed by atoms with E-state index in [2.05, 4.69) is 11.1 Å². The molecule has 0 aliphatic heterocycles. The third-order valence-electron chi connectivity index (χ3n) is 4.86. The molecule has 4 aromatic rings. The summed E-state index contributed by atoms with van der Waals surface area (Å²) in [6.07, 6.45) is 3.47. The highest BCUT2D eigenvalue weighted by Gasteiger charge is 2.24. The fourth-order valence-corrected chi connectivity index (χ4v) is 4.51. The Morgan fingerprint density at radius 3 is 2.57 bits per heavy atom. The lowest BCUT2D eigenvalue weighted by atomic mass is 9.92. The summed E-state index contributed by atoms with van der Waals surface area (Å²) in [5.41, 5.74) is 3.77. The van der Waals surface area contributed by atoms with Crippen LogP contribution in [0.5, 0.6) is 5.75 Å². The summed E-state index contributed by atoms with van der Waals surface area (Å²) in [5.74, 6) is 0.766. The van der Waals surface area contributed by atoms with E-state index in [1.165, 1.54) is 0 Å². The number of aromatic nitrogens is 1. The maximum Gasteiger partial charge on any atom is 0.127 e. The van der Waals surface area contributed by atoms with Crippen LogP contribution in [0.25, 0.3) is 21.6 Å². The highest BCUT2D eigenvalue weighted by molar-refractivity contribution is 7.14. The van der Waals surface area contributed by atoms with Gasteiger partial charge in [0.05, 0.1) is 5.60 Å². The Balaban J connectivity index is 1.77. The van der Waals surface area contributed by atoms with Crippen LogP contribution in [0.15, 0.2) is 78.4 Å². The Hall–Kier alpha value is -2.66. The Labute approximate surface area is 185 Å². The Morgan fingerprint density at radius 2 is 1.80 bits per heavy atom. The number of benzene rings is 2. The molecule has 2 aromatic carbocycles. The van der Waals surface area contributed by atoms with Crippen LogP contribution in [-0.4, -0.2) is 10.1 Å². The zero-order valence-corrected chi connectivity index (χ0v) is 18.4. The second kappa shape index (κ2) is 8.60. The first-order chi connectivity index (χ1) is 14.4. The van der Waals surface area contributed by atoms with Gasteiger partial charge in [0.25, 0.3) is 0 Å². The average molecular weight is 436 g/mol.